The number of nitrogens with one attached hydrogen (secondary N) is 2. The van der Waals surface area contributed by atoms with Crippen LogP contribution < -0.4 is 10.0 Å². The van der Waals surface area contributed by atoms with Crippen LogP contribution in [0.2, 0.25) is 5.02 Å². The van der Waals surface area contributed by atoms with E-state index in [0.717, 1.165) is 23.2 Å². The number of carbonyl (C=O) groups excluding carboxylic acids is 1. The first-order valence-electron chi connectivity index (χ1n) is 6.19. The molecule has 2 aromatic rings. The summed E-state index contributed by atoms with van der Waals surface area (Å²) in [5, 5.41) is 3.47. The average molecular weight is 360 g/mol. The maximum atomic E-state index is 12.3. The fourth-order valence-electron chi connectivity index (χ4n) is 1.73. The van der Waals surface area contributed by atoms with E-state index in [1.807, 2.05) is 0 Å². The van der Waals surface area contributed by atoms with Crippen LogP contribution in [0.15, 0.2) is 18.2 Å². The standard InChI is InChI=1S/C13H14ClN3O3S2/c1-7-9(14)5-4-6-10(7)16-12(18)11-8(2)15-13(21-11)17-22(3,19)20/h4-6H,1-3H3,(H,15,17)(H,16,18). The molecule has 0 radical (unpaired) electrons. The molecule has 6 nitrogen and oxygen atoms in total. The molecule has 118 valence electrons. The van der Waals surface area contributed by atoms with Crippen LogP contribution in [-0.2, 0) is 10.0 Å². The summed E-state index contributed by atoms with van der Waals surface area (Å²) in [5.41, 5.74) is 1.81. The predicted octanol–water partition coefficient (Wildman–Crippen LogP) is 3.04. The molecule has 1 aromatic carbocycles. The molecule has 0 fully saturated rings. The zero-order chi connectivity index (χ0) is 16.5. The molecule has 1 amide bonds. The number of carbonyl (C=O) groups is 1. The Labute approximate surface area is 137 Å². The van der Waals surface area contributed by atoms with Crippen LogP contribution in [0.3, 0.4) is 0 Å². The number of halogens is 1. The van der Waals surface area contributed by atoms with Crippen LogP contribution in [0.25, 0.3) is 0 Å². The van der Waals surface area contributed by atoms with Gasteiger partial charge >= 0.3 is 0 Å². The number of hydrogen-bond acceptors (Lipinski definition) is 5. The number of sulfonamides is 1. The van der Waals surface area contributed by atoms with Gasteiger partial charge in [-0.1, -0.05) is 29.0 Å². The van der Waals surface area contributed by atoms with Gasteiger partial charge in [-0.05, 0) is 31.5 Å². The molecule has 2 N–H and O–H groups in total. The zero-order valence-corrected chi connectivity index (χ0v) is 14.5. The minimum absolute atomic E-state index is 0.160. The first-order chi connectivity index (χ1) is 10.2. The number of benzene rings is 1. The van der Waals surface area contributed by atoms with Crippen molar-refractivity contribution in [2.75, 3.05) is 16.3 Å². The quantitative estimate of drug-likeness (QED) is 0.878. The second-order valence-electron chi connectivity index (χ2n) is 4.67. The Morgan fingerprint density at radius 2 is 2.00 bits per heavy atom. The van der Waals surface area contributed by atoms with E-state index < -0.39 is 10.0 Å². The van der Waals surface area contributed by atoms with E-state index in [2.05, 4.69) is 15.0 Å². The van der Waals surface area contributed by atoms with Gasteiger partial charge in [0.25, 0.3) is 5.91 Å². The first-order valence-corrected chi connectivity index (χ1v) is 9.27. The van der Waals surface area contributed by atoms with Gasteiger partial charge in [-0.2, -0.15) is 0 Å². The van der Waals surface area contributed by atoms with Crippen molar-refractivity contribution in [2.24, 2.45) is 0 Å². The Kier molecular flexibility index (Phi) is 4.74. The van der Waals surface area contributed by atoms with Crippen LogP contribution in [0.5, 0.6) is 0 Å². The summed E-state index contributed by atoms with van der Waals surface area (Å²) in [4.78, 5) is 16.7. The summed E-state index contributed by atoms with van der Waals surface area (Å²) in [5.74, 6) is -0.359. The molecular weight excluding hydrogens is 346 g/mol. The lowest BCUT2D eigenvalue weighted by Crippen LogP contribution is -2.12. The zero-order valence-electron chi connectivity index (χ0n) is 12.1. The molecule has 1 heterocycles. The third kappa shape index (κ3) is 3.96. The fraction of sp³-hybridized carbons (Fsp3) is 0.231. The summed E-state index contributed by atoms with van der Waals surface area (Å²) in [6.45, 7) is 3.44. The number of anilines is 2. The number of hydrogen-bond donors (Lipinski definition) is 2. The van der Waals surface area contributed by atoms with Crippen molar-refractivity contribution >= 4 is 49.7 Å². The largest absolute Gasteiger partial charge is 0.321 e. The van der Waals surface area contributed by atoms with Gasteiger partial charge in [0, 0.05) is 10.7 Å². The maximum Gasteiger partial charge on any atom is 0.267 e. The third-order valence-electron chi connectivity index (χ3n) is 2.79. The summed E-state index contributed by atoms with van der Waals surface area (Å²) in [7, 11) is -3.43. The Morgan fingerprint density at radius 3 is 2.64 bits per heavy atom. The van der Waals surface area contributed by atoms with Gasteiger partial charge in [-0.25, -0.2) is 13.4 Å². The molecule has 0 bridgehead atoms. The van der Waals surface area contributed by atoms with Crippen molar-refractivity contribution < 1.29 is 13.2 Å². The molecule has 9 heteroatoms. The lowest BCUT2D eigenvalue weighted by Gasteiger charge is -2.08. The minimum atomic E-state index is -3.43. The van der Waals surface area contributed by atoms with Crippen LogP contribution in [-0.4, -0.2) is 25.6 Å². The van der Waals surface area contributed by atoms with Crippen molar-refractivity contribution in [3.8, 4) is 0 Å². The molecule has 22 heavy (non-hydrogen) atoms. The monoisotopic (exact) mass is 359 g/mol. The third-order valence-corrected chi connectivity index (χ3v) is 4.97. The molecule has 0 saturated heterocycles. The van der Waals surface area contributed by atoms with E-state index in [0.29, 0.717) is 21.3 Å². The molecule has 0 saturated carbocycles. The van der Waals surface area contributed by atoms with Crippen LogP contribution in [0.4, 0.5) is 10.8 Å². The summed E-state index contributed by atoms with van der Waals surface area (Å²) >= 11 is 6.99. The highest BCUT2D eigenvalue weighted by molar-refractivity contribution is 7.92. The fourth-order valence-corrected chi connectivity index (χ4v) is 3.60. The number of aromatic nitrogens is 1. The van der Waals surface area contributed by atoms with Crippen molar-refractivity contribution in [3.63, 3.8) is 0 Å². The van der Waals surface area contributed by atoms with Crippen molar-refractivity contribution in [1.82, 2.24) is 4.98 Å². The van der Waals surface area contributed by atoms with E-state index in [1.54, 1.807) is 32.0 Å². The van der Waals surface area contributed by atoms with Gasteiger partial charge in [-0.15, -0.1) is 0 Å². The maximum absolute atomic E-state index is 12.3. The van der Waals surface area contributed by atoms with E-state index in [-0.39, 0.29) is 11.0 Å². The van der Waals surface area contributed by atoms with Crippen molar-refractivity contribution in [2.45, 2.75) is 13.8 Å². The van der Waals surface area contributed by atoms with Crippen LogP contribution >= 0.6 is 22.9 Å². The molecule has 1 aromatic heterocycles. The number of thiazole rings is 1. The Bertz CT molecular complexity index is 831. The van der Waals surface area contributed by atoms with E-state index in [4.69, 9.17) is 11.6 Å². The molecule has 0 atom stereocenters. The highest BCUT2D eigenvalue weighted by atomic mass is 35.5. The van der Waals surface area contributed by atoms with Gasteiger partial charge in [0.15, 0.2) is 5.13 Å². The number of aryl methyl sites for hydroxylation is 1. The average Bonchev–Trinajstić information content (AvgIpc) is 2.73. The summed E-state index contributed by atoms with van der Waals surface area (Å²) in [6.07, 6.45) is 1.03. The highest BCUT2D eigenvalue weighted by Gasteiger charge is 2.18. The Morgan fingerprint density at radius 1 is 1.32 bits per heavy atom. The van der Waals surface area contributed by atoms with E-state index in [9.17, 15) is 13.2 Å². The molecule has 0 aliphatic carbocycles. The van der Waals surface area contributed by atoms with Crippen LogP contribution in [0, 0.1) is 13.8 Å². The first kappa shape index (κ1) is 16.7. The molecule has 0 unspecified atom stereocenters. The van der Waals surface area contributed by atoms with Gasteiger partial charge in [0.05, 0.1) is 11.9 Å². The lowest BCUT2D eigenvalue weighted by molar-refractivity contribution is 0.102. The lowest BCUT2D eigenvalue weighted by atomic mass is 10.2. The molecular formula is C13H14ClN3O3S2. The molecule has 0 aliphatic heterocycles. The highest BCUT2D eigenvalue weighted by Crippen LogP contribution is 2.27. The second-order valence-corrected chi connectivity index (χ2v) is 7.83. The van der Waals surface area contributed by atoms with Crippen LogP contribution in [0.1, 0.15) is 20.9 Å². The van der Waals surface area contributed by atoms with Crippen molar-refractivity contribution in [1.29, 1.82) is 0 Å². The van der Waals surface area contributed by atoms with Gasteiger partial charge < -0.3 is 5.32 Å². The Balaban J connectivity index is 2.25. The van der Waals surface area contributed by atoms with Gasteiger partial charge in [-0.3, -0.25) is 9.52 Å². The van der Waals surface area contributed by atoms with E-state index in [1.165, 1.54) is 0 Å². The SMILES string of the molecule is Cc1nc(NS(C)(=O)=O)sc1C(=O)Nc1cccc(Cl)c1C. The number of nitrogens with zero attached hydrogens (tertiary/aromatic N) is 1. The van der Waals surface area contributed by atoms with E-state index >= 15 is 0 Å². The summed E-state index contributed by atoms with van der Waals surface area (Å²) < 4.78 is 24.7. The number of amides is 1. The van der Waals surface area contributed by atoms with Gasteiger partial charge in [0.1, 0.15) is 4.88 Å². The Hall–Kier alpha value is -1.64. The molecule has 2 rings (SSSR count). The second kappa shape index (κ2) is 6.23. The summed E-state index contributed by atoms with van der Waals surface area (Å²) in [6, 6.07) is 5.21. The van der Waals surface area contributed by atoms with Gasteiger partial charge in [0.2, 0.25) is 10.0 Å². The minimum Gasteiger partial charge on any atom is -0.321 e. The number of rotatable bonds is 4. The topological polar surface area (TPSA) is 88.2 Å². The molecule has 0 aliphatic rings. The normalized spacial score (nSPS) is 11.3. The van der Waals surface area contributed by atoms with Crippen molar-refractivity contribution in [3.05, 3.63) is 39.4 Å². The predicted molar refractivity (Wildman–Crippen MR) is 89.5 cm³/mol. The smallest absolute Gasteiger partial charge is 0.267 e. The molecule has 0 spiro atoms.